The monoisotopic (exact) mass is 228 g/mol. The maximum absolute atomic E-state index is 11.8. The highest BCUT2D eigenvalue weighted by atomic mass is 16.6. The van der Waals surface area contributed by atoms with Crippen molar-refractivity contribution in [2.45, 2.75) is 45.3 Å². The van der Waals surface area contributed by atoms with Gasteiger partial charge in [0.05, 0.1) is 6.04 Å². The first-order valence-corrected chi connectivity index (χ1v) is 5.93. The van der Waals surface area contributed by atoms with Gasteiger partial charge in [0.15, 0.2) is 0 Å². The van der Waals surface area contributed by atoms with Gasteiger partial charge in [-0.3, -0.25) is 0 Å². The van der Waals surface area contributed by atoms with Crippen LogP contribution in [-0.2, 0) is 4.74 Å². The number of hydrogen-bond donors (Lipinski definition) is 1. The second kappa shape index (κ2) is 5.04. The van der Waals surface area contributed by atoms with E-state index in [1.54, 1.807) is 4.90 Å². The second-order valence-electron chi connectivity index (χ2n) is 5.59. The highest BCUT2D eigenvalue weighted by Gasteiger charge is 2.27. The molecule has 1 N–H and O–H groups in total. The smallest absolute Gasteiger partial charge is 0.410 e. The Kier molecular flexibility index (Phi) is 4.19. The average Bonchev–Trinajstić information content (AvgIpc) is 2.15. The summed E-state index contributed by atoms with van der Waals surface area (Å²) in [5.74, 6) is 0. The third-order valence-electron chi connectivity index (χ3n) is 2.84. The van der Waals surface area contributed by atoms with Gasteiger partial charge in [0.25, 0.3) is 0 Å². The minimum Gasteiger partial charge on any atom is -0.468 e. The molecule has 1 aliphatic heterocycles. The summed E-state index contributed by atoms with van der Waals surface area (Å²) in [5.41, 5.74) is -0.401. The van der Waals surface area contributed by atoms with Gasteiger partial charge in [0, 0.05) is 33.0 Å². The van der Waals surface area contributed by atoms with Crippen molar-refractivity contribution >= 4 is 6.09 Å². The fourth-order valence-electron chi connectivity index (χ4n) is 1.88. The molecule has 0 bridgehead atoms. The number of nitrogens with one attached hydrogen (secondary N) is 1. The third-order valence-corrected chi connectivity index (χ3v) is 2.84. The lowest BCUT2D eigenvalue weighted by molar-refractivity contribution is -0.861. The standard InChI is InChI=1S/C12H24N2O2/c1-12(2,3)16-11(15)14-8-6-10(7-9-14)13(4)5/h10,13H,4,6-9H2,1-3,5H3. The van der Waals surface area contributed by atoms with Crippen LogP contribution in [0, 0.1) is 7.05 Å². The molecule has 0 saturated carbocycles. The van der Waals surface area contributed by atoms with E-state index in [0.717, 1.165) is 25.9 Å². The number of hydrogen-bond acceptors (Lipinski definition) is 2. The third kappa shape index (κ3) is 4.00. The Morgan fingerprint density at radius 2 is 1.88 bits per heavy atom. The molecule has 1 amide bonds. The molecule has 0 radical (unpaired) electrons. The first-order valence-electron chi connectivity index (χ1n) is 5.93. The molecule has 0 aromatic heterocycles. The number of piperidine rings is 1. The van der Waals surface area contributed by atoms with Crippen LogP contribution in [0.2, 0.25) is 0 Å². The Morgan fingerprint density at radius 3 is 2.25 bits per heavy atom. The maximum Gasteiger partial charge on any atom is 0.410 e. The molecule has 1 unspecified atom stereocenters. The van der Waals surface area contributed by atoms with Crippen LogP contribution < -0.4 is 4.90 Å². The quantitative estimate of drug-likeness (QED) is 0.670. The molecule has 0 aromatic rings. The molecular formula is C12H24N2O2. The lowest BCUT2D eigenvalue weighted by Crippen LogP contribution is -3.08. The number of carbonyl (C=O) groups excluding carboxylic acids is 1. The summed E-state index contributed by atoms with van der Waals surface area (Å²) in [4.78, 5) is 14.8. The molecule has 4 heteroatoms. The molecular weight excluding hydrogens is 204 g/mol. The fourth-order valence-corrected chi connectivity index (χ4v) is 1.88. The zero-order valence-electron chi connectivity index (χ0n) is 10.9. The van der Waals surface area contributed by atoms with Crippen LogP contribution in [0.3, 0.4) is 0 Å². The predicted octanol–water partition coefficient (Wildman–Crippen LogP) is 0.692. The Morgan fingerprint density at radius 1 is 1.38 bits per heavy atom. The van der Waals surface area contributed by atoms with Gasteiger partial charge in [0.1, 0.15) is 5.60 Å². The molecule has 94 valence electrons. The van der Waals surface area contributed by atoms with Crippen molar-refractivity contribution in [1.29, 1.82) is 0 Å². The van der Waals surface area contributed by atoms with Crippen molar-refractivity contribution < 1.29 is 14.4 Å². The van der Waals surface area contributed by atoms with E-state index >= 15 is 0 Å². The van der Waals surface area contributed by atoms with E-state index in [9.17, 15) is 4.79 Å². The molecule has 1 rings (SSSR count). The van der Waals surface area contributed by atoms with Gasteiger partial charge in [-0.05, 0) is 20.8 Å². The fraction of sp³-hybridized carbons (Fsp3) is 0.833. The van der Waals surface area contributed by atoms with Gasteiger partial charge < -0.3 is 14.5 Å². The van der Waals surface area contributed by atoms with Gasteiger partial charge in [-0.1, -0.05) is 0 Å². The van der Waals surface area contributed by atoms with Gasteiger partial charge in [-0.15, -0.1) is 0 Å². The first-order chi connectivity index (χ1) is 7.29. The van der Waals surface area contributed by atoms with Crippen LogP contribution in [0.5, 0.6) is 0 Å². The first kappa shape index (κ1) is 13.3. The minimum absolute atomic E-state index is 0.187. The van der Waals surface area contributed by atoms with Gasteiger partial charge in [-0.2, -0.15) is 7.05 Å². The molecule has 16 heavy (non-hydrogen) atoms. The summed E-state index contributed by atoms with van der Waals surface area (Å²) in [6.45, 7) is 7.25. The normalized spacial score (nSPS) is 20.7. The van der Waals surface area contributed by atoms with Crippen molar-refractivity contribution in [3.63, 3.8) is 0 Å². The number of quaternary nitrogens is 1. The van der Waals surface area contributed by atoms with E-state index in [-0.39, 0.29) is 6.09 Å². The van der Waals surface area contributed by atoms with Crippen LogP contribution in [0.15, 0.2) is 0 Å². The highest BCUT2D eigenvalue weighted by Crippen LogP contribution is 2.14. The summed E-state index contributed by atoms with van der Waals surface area (Å²) < 4.78 is 5.34. The molecule has 1 aliphatic rings. The highest BCUT2D eigenvalue weighted by molar-refractivity contribution is 5.68. The number of nitrogens with zero attached hydrogens (tertiary/aromatic N) is 1. The summed E-state index contributed by atoms with van der Waals surface area (Å²) >= 11 is 0. The lowest BCUT2D eigenvalue weighted by atomic mass is 10.0. The molecule has 0 aliphatic carbocycles. The number of carbonyl (C=O) groups is 1. The van der Waals surface area contributed by atoms with Gasteiger partial charge in [-0.25, -0.2) is 4.79 Å². The Balaban J connectivity index is 2.39. The van der Waals surface area contributed by atoms with Crippen LogP contribution in [0.4, 0.5) is 4.79 Å². The maximum atomic E-state index is 11.8. The van der Waals surface area contributed by atoms with E-state index in [0.29, 0.717) is 6.04 Å². The lowest BCUT2D eigenvalue weighted by Gasteiger charge is -2.36. The molecule has 0 spiro atoms. The van der Waals surface area contributed by atoms with Gasteiger partial charge >= 0.3 is 6.09 Å². The van der Waals surface area contributed by atoms with Crippen molar-refractivity contribution in [2.75, 3.05) is 20.1 Å². The summed E-state index contributed by atoms with van der Waals surface area (Å²) in [6, 6.07) is 0.568. The van der Waals surface area contributed by atoms with E-state index in [1.807, 2.05) is 20.8 Å². The Hall–Kier alpha value is -0.770. The largest absolute Gasteiger partial charge is 0.468 e. The van der Waals surface area contributed by atoms with Crippen LogP contribution in [0.25, 0.3) is 0 Å². The zero-order valence-corrected chi connectivity index (χ0v) is 10.9. The second-order valence-corrected chi connectivity index (χ2v) is 5.59. The topological polar surface area (TPSA) is 34.0 Å². The summed E-state index contributed by atoms with van der Waals surface area (Å²) in [5, 5.41) is 0. The predicted molar refractivity (Wildman–Crippen MR) is 63.1 cm³/mol. The van der Waals surface area contributed by atoms with E-state index in [2.05, 4.69) is 14.1 Å². The molecule has 4 nitrogen and oxygen atoms in total. The number of rotatable bonds is 1. The zero-order chi connectivity index (χ0) is 12.3. The number of likely N-dealkylation sites (tertiary alicyclic amines) is 1. The van der Waals surface area contributed by atoms with Crippen molar-refractivity contribution in [1.82, 2.24) is 4.90 Å². The van der Waals surface area contributed by atoms with Crippen molar-refractivity contribution in [2.24, 2.45) is 0 Å². The minimum atomic E-state index is -0.401. The Labute approximate surface area is 98.5 Å². The molecule has 0 aromatic carbocycles. The SMILES string of the molecule is [CH2-][NH+](C)C1CCN(C(=O)OC(C)(C)C)CC1. The molecule has 1 saturated heterocycles. The van der Waals surface area contributed by atoms with Crippen molar-refractivity contribution in [3.05, 3.63) is 7.05 Å². The van der Waals surface area contributed by atoms with E-state index < -0.39 is 5.60 Å². The van der Waals surface area contributed by atoms with Crippen LogP contribution in [0.1, 0.15) is 33.6 Å². The Bertz CT molecular complexity index is 238. The molecule has 1 heterocycles. The summed E-state index contributed by atoms with van der Waals surface area (Å²) in [6.07, 6.45) is 1.83. The number of ether oxygens (including phenoxy) is 1. The van der Waals surface area contributed by atoms with Crippen molar-refractivity contribution in [3.8, 4) is 0 Å². The average molecular weight is 228 g/mol. The van der Waals surface area contributed by atoms with Crippen LogP contribution in [-0.4, -0.2) is 42.8 Å². The number of amides is 1. The molecule has 1 fully saturated rings. The van der Waals surface area contributed by atoms with E-state index in [4.69, 9.17) is 4.74 Å². The van der Waals surface area contributed by atoms with Gasteiger partial charge in [0.2, 0.25) is 0 Å². The summed E-state index contributed by atoms with van der Waals surface area (Å²) in [7, 11) is 6.04. The van der Waals surface area contributed by atoms with E-state index in [1.165, 1.54) is 4.90 Å². The van der Waals surface area contributed by atoms with Crippen LogP contribution >= 0.6 is 0 Å². The molecule has 1 atom stereocenters.